The van der Waals surface area contributed by atoms with Gasteiger partial charge in [-0.1, -0.05) is 36.4 Å². The van der Waals surface area contributed by atoms with Gasteiger partial charge in [0.15, 0.2) is 0 Å². The van der Waals surface area contributed by atoms with E-state index in [9.17, 15) is 4.79 Å². The molecule has 1 heterocycles. The number of amides is 1. The van der Waals surface area contributed by atoms with E-state index in [1.165, 1.54) is 11.3 Å². The van der Waals surface area contributed by atoms with Crippen molar-refractivity contribution in [2.75, 3.05) is 26.0 Å². The Morgan fingerprint density at radius 1 is 1.05 bits per heavy atom. The molecule has 3 nitrogen and oxygen atoms in total. The third-order valence-corrected chi connectivity index (χ3v) is 4.19. The number of fused-ring (bicyclic) bond motifs is 2. The van der Waals surface area contributed by atoms with Crippen LogP contribution in [0.4, 0.5) is 11.4 Å². The number of nitrogens with zero attached hydrogens (tertiary/aromatic N) is 2. The van der Waals surface area contributed by atoms with Crippen molar-refractivity contribution in [2.45, 2.75) is 12.3 Å². The lowest BCUT2D eigenvalue weighted by atomic mass is 9.91. The maximum Gasteiger partial charge on any atom is 0.230 e. The first-order valence-corrected chi connectivity index (χ1v) is 7.21. The van der Waals surface area contributed by atoms with Crippen LogP contribution in [0, 0.1) is 0 Å². The second-order valence-electron chi connectivity index (χ2n) is 5.74. The Balaban J connectivity index is 2.19. The van der Waals surface area contributed by atoms with E-state index in [4.69, 9.17) is 0 Å². The number of para-hydroxylation sites is 2. The van der Waals surface area contributed by atoms with E-state index in [0.29, 0.717) is 0 Å². The van der Waals surface area contributed by atoms with Crippen LogP contribution in [0.1, 0.15) is 17.0 Å². The summed E-state index contributed by atoms with van der Waals surface area (Å²) in [5, 5.41) is 0. The van der Waals surface area contributed by atoms with Crippen LogP contribution >= 0.6 is 0 Å². The van der Waals surface area contributed by atoms with E-state index in [1.54, 1.807) is 4.90 Å². The topological polar surface area (TPSA) is 23.6 Å². The summed E-state index contributed by atoms with van der Waals surface area (Å²) in [6.45, 7) is 0. The molecule has 0 spiro atoms. The second-order valence-corrected chi connectivity index (χ2v) is 5.74. The number of benzene rings is 2. The molecule has 0 saturated carbocycles. The smallest absolute Gasteiger partial charge is 0.230 e. The lowest BCUT2D eigenvalue weighted by molar-refractivity contribution is -0.130. The van der Waals surface area contributed by atoms with Gasteiger partial charge in [0.1, 0.15) is 0 Å². The van der Waals surface area contributed by atoms with Gasteiger partial charge in [-0.05, 0) is 29.7 Å². The van der Waals surface area contributed by atoms with Crippen molar-refractivity contribution in [3.63, 3.8) is 0 Å². The van der Waals surface area contributed by atoms with Crippen LogP contribution in [-0.4, -0.2) is 32.0 Å². The molecule has 1 atom stereocenters. The standard InChI is InChI=1S/C18H20N2O/c1-19(2)18(21)15-12-13-8-4-6-10-16(13)20(3)17-11-7-5-9-14(15)17/h4-11,15H,12H2,1-3H3/t15-/m1/s1. The van der Waals surface area contributed by atoms with Crippen LogP contribution in [0.2, 0.25) is 0 Å². The summed E-state index contributed by atoms with van der Waals surface area (Å²) in [7, 11) is 5.72. The van der Waals surface area contributed by atoms with Crippen LogP contribution in [-0.2, 0) is 11.2 Å². The molecule has 0 radical (unpaired) electrons. The monoisotopic (exact) mass is 280 g/mol. The summed E-state index contributed by atoms with van der Waals surface area (Å²) in [5.41, 5.74) is 4.62. The molecule has 108 valence electrons. The van der Waals surface area contributed by atoms with Crippen LogP contribution < -0.4 is 4.90 Å². The maximum atomic E-state index is 12.6. The number of rotatable bonds is 1. The van der Waals surface area contributed by atoms with Crippen LogP contribution in [0.5, 0.6) is 0 Å². The average Bonchev–Trinajstić information content (AvgIpc) is 2.63. The first-order valence-electron chi connectivity index (χ1n) is 7.21. The molecular formula is C18H20N2O. The van der Waals surface area contributed by atoms with Crippen molar-refractivity contribution in [2.24, 2.45) is 0 Å². The zero-order valence-corrected chi connectivity index (χ0v) is 12.7. The number of hydrogen-bond acceptors (Lipinski definition) is 2. The van der Waals surface area contributed by atoms with Crippen molar-refractivity contribution in [1.29, 1.82) is 0 Å². The van der Waals surface area contributed by atoms with E-state index in [-0.39, 0.29) is 11.8 Å². The van der Waals surface area contributed by atoms with E-state index in [1.807, 2.05) is 38.4 Å². The van der Waals surface area contributed by atoms with Gasteiger partial charge < -0.3 is 9.80 Å². The predicted molar refractivity (Wildman–Crippen MR) is 86.1 cm³/mol. The average molecular weight is 280 g/mol. The maximum absolute atomic E-state index is 12.6. The first-order chi connectivity index (χ1) is 10.1. The molecule has 3 rings (SSSR count). The zero-order valence-electron chi connectivity index (χ0n) is 12.7. The Morgan fingerprint density at radius 2 is 1.67 bits per heavy atom. The summed E-state index contributed by atoms with van der Waals surface area (Å²) in [6, 6.07) is 16.5. The summed E-state index contributed by atoms with van der Waals surface area (Å²) in [6.07, 6.45) is 0.745. The molecule has 1 aliphatic rings. The molecule has 21 heavy (non-hydrogen) atoms. The Morgan fingerprint density at radius 3 is 2.38 bits per heavy atom. The summed E-state index contributed by atoms with van der Waals surface area (Å²) < 4.78 is 0. The van der Waals surface area contributed by atoms with Gasteiger partial charge in [0.25, 0.3) is 0 Å². The molecule has 0 saturated heterocycles. The highest BCUT2D eigenvalue weighted by molar-refractivity contribution is 5.88. The first kappa shape index (κ1) is 13.7. The number of hydrogen-bond donors (Lipinski definition) is 0. The van der Waals surface area contributed by atoms with Gasteiger partial charge in [-0.2, -0.15) is 0 Å². The summed E-state index contributed by atoms with van der Waals surface area (Å²) in [4.78, 5) is 16.5. The Bertz CT molecular complexity index is 678. The Kier molecular flexibility index (Phi) is 3.42. The lowest BCUT2D eigenvalue weighted by Crippen LogP contribution is -2.29. The van der Waals surface area contributed by atoms with Gasteiger partial charge in [-0.3, -0.25) is 4.79 Å². The SMILES string of the molecule is CN(C)C(=O)[C@@H]1Cc2ccccc2N(C)c2ccccc21. The molecule has 1 aliphatic heterocycles. The molecule has 1 amide bonds. The number of carbonyl (C=O) groups excluding carboxylic acids is 1. The highest BCUT2D eigenvalue weighted by Gasteiger charge is 2.30. The minimum atomic E-state index is -0.123. The Hall–Kier alpha value is -2.29. The summed E-state index contributed by atoms with van der Waals surface area (Å²) >= 11 is 0. The molecule has 2 aromatic rings. The van der Waals surface area contributed by atoms with Gasteiger partial charge in [0, 0.05) is 32.5 Å². The highest BCUT2D eigenvalue weighted by Crippen LogP contribution is 2.40. The van der Waals surface area contributed by atoms with Crippen molar-refractivity contribution < 1.29 is 4.79 Å². The van der Waals surface area contributed by atoms with E-state index in [0.717, 1.165) is 17.7 Å². The van der Waals surface area contributed by atoms with Gasteiger partial charge in [-0.15, -0.1) is 0 Å². The van der Waals surface area contributed by atoms with Gasteiger partial charge >= 0.3 is 0 Å². The van der Waals surface area contributed by atoms with Gasteiger partial charge in [0.05, 0.1) is 5.92 Å². The molecule has 0 fully saturated rings. The predicted octanol–water partition coefficient (Wildman–Crippen LogP) is 3.18. The molecule has 0 N–H and O–H groups in total. The molecule has 3 heteroatoms. The van der Waals surface area contributed by atoms with Crippen molar-refractivity contribution >= 4 is 17.3 Å². The van der Waals surface area contributed by atoms with E-state index >= 15 is 0 Å². The quantitative estimate of drug-likeness (QED) is 0.801. The normalized spacial score (nSPS) is 16.7. The molecule has 0 bridgehead atoms. The minimum absolute atomic E-state index is 0.123. The summed E-state index contributed by atoms with van der Waals surface area (Å²) in [5.74, 6) is 0.0369. The third kappa shape index (κ3) is 2.29. The zero-order chi connectivity index (χ0) is 15.0. The lowest BCUT2D eigenvalue weighted by Gasteiger charge is -2.23. The van der Waals surface area contributed by atoms with E-state index in [2.05, 4.69) is 36.2 Å². The molecular weight excluding hydrogens is 260 g/mol. The fraction of sp³-hybridized carbons (Fsp3) is 0.278. The third-order valence-electron chi connectivity index (χ3n) is 4.19. The fourth-order valence-corrected chi connectivity index (χ4v) is 3.09. The second kappa shape index (κ2) is 5.24. The highest BCUT2D eigenvalue weighted by atomic mass is 16.2. The van der Waals surface area contributed by atoms with Crippen molar-refractivity contribution in [3.05, 3.63) is 59.7 Å². The molecule has 0 aliphatic carbocycles. The van der Waals surface area contributed by atoms with Gasteiger partial charge in [0.2, 0.25) is 5.91 Å². The number of likely N-dealkylation sites (N-methyl/N-ethyl adjacent to an activating group) is 1. The van der Waals surface area contributed by atoms with Crippen LogP contribution in [0.3, 0.4) is 0 Å². The number of carbonyl (C=O) groups is 1. The van der Waals surface area contributed by atoms with E-state index < -0.39 is 0 Å². The molecule has 0 unspecified atom stereocenters. The van der Waals surface area contributed by atoms with Crippen LogP contribution in [0.15, 0.2) is 48.5 Å². The van der Waals surface area contributed by atoms with Crippen molar-refractivity contribution in [3.8, 4) is 0 Å². The van der Waals surface area contributed by atoms with Crippen molar-refractivity contribution in [1.82, 2.24) is 4.90 Å². The van der Waals surface area contributed by atoms with Gasteiger partial charge in [-0.25, -0.2) is 0 Å². The molecule has 2 aromatic carbocycles. The minimum Gasteiger partial charge on any atom is -0.348 e. The fourth-order valence-electron chi connectivity index (χ4n) is 3.09. The Labute approximate surface area is 125 Å². The largest absolute Gasteiger partial charge is 0.348 e. The molecule has 0 aromatic heterocycles. The number of anilines is 2. The van der Waals surface area contributed by atoms with Crippen LogP contribution in [0.25, 0.3) is 0 Å².